The van der Waals surface area contributed by atoms with E-state index in [9.17, 15) is 4.79 Å². The van der Waals surface area contributed by atoms with Crippen molar-refractivity contribution in [3.05, 3.63) is 42.2 Å². The van der Waals surface area contributed by atoms with Crippen LogP contribution in [0.25, 0.3) is 5.65 Å². The lowest BCUT2D eigenvalue weighted by Gasteiger charge is -2.32. The van der Waals surface area contributed by atoms with Crippen molar-refractivity contribution in [2.75, 3.05) is 38.8 Å². The smallest absolute Gasteiger partial charge is 0.223 e. The van der Waals surface area contributed by atoms with E-state index in [1.807, 2.05) is 30.3 Å². The van der Waals surface area contributed by atoms with E-state index >= 15 is 0 Å². The van der Waals surface area contributed by atoms with Crippen molar-refractivity contribution in [1.82, 2.24) is 25.1 Å². The predicted octanol–water partition coefficient (Wildman–Crippen LogP) is 1.72. The Morgan fingerprint density at radius 2 is 1.93 bits per heavy atom. The molecular formula is C21H26N6O3. The second-order valence-corrected chi connectivity index (χ2v) is 7.32. The Kier molecular flexibility index (Phi) is 5.97. The normalized spacial score (nSPS) is 14.7. The van der Waals surface area contributed by atoms with Crippen molar-refractivity contribution in [2.24, 2.45) is 5.92 Å². The number of nitrogens with zero attached hydrogens (tertiary/aromatic N) is 5. The SMILES string of the molecule is COc1ccc(CCNC(=O)C2CCN(c3ccc4nncn4n3)CC2)cc1OC. The molecule has 1 N–H and O–H groups in total. The topological polar surface area (TPSA) is 93.9 Å². The molecule has 30 heavy (non-hydrogen) atoms. The van der Waals surface area contributed by atoms with Gasteiger partial charge >= 0.3 is 0 Å². The van der Waals surface area contributed by atoms with Crippen molar-refractivity contribution < 1.29 is 14.3 Å². The number of piperidine rings is 1. The molecule has 1 saturated heterocycles. The van der Waals surface area contributed by atoms with Crippen molar-refractivity contribution in [3.63, 3.8) is 0 Å². The Balaban J connectivity index is 1.25. The lowest BCUT2D eigenvalue weighted by atomic mass is 9.96. The summed E-state index contributed by atoms with van der Waals surface area (Å²) in [5.41, 5.74) is 1.82. The molecule has 1 aliphatic rings. The number of benzene rings is 1. The van der Waals surface area contributed by atoms with E-state index in [1.54, 1.807) is 25.1 Å². The number of amides is 1. The molecule has 1 aromatic carbocycles. The van der Waals surface area contributed by atoms with Crippen molar-refractivity contribution in [1.29, 1.82) is 0 Å². The lowest BCUT2D eigenvalue weighted by molar-refractivity contribution is -0.125. The van der Waals surface area contributed by atoms with Gasteiger partial charge in [-0.25, -0.2) is 0 Å². The molecule has 0 unspecified atom stereocenters. The number of rotatable bonds is 7. The van der Waals surface area contributed by atoms with Crippen molar-refractivity contribution >= 4 is 17.4 Å². The van der Waals surface area contributed by atoms with E-state index in [0.29, 0.717) is 18.0 Å². The Morgan fingerprint density at radius 1 is 1.13 bits per heavy atom. The summed E-state index contributed by atoms with van der Waals surface area (Å²) in [6.45, 7) is 2.20. The van der Waals surface area contributed by atoms with E-state index in [0.717, 1.165) is 49.4 Å². The summed E-state index contributed by atoms with van der Waals surface area (Å²) in [5, 5.41) is 15.4. The van der Waals surface area contributed by atoms with Gasteiger partial charge < -0.3 is 19.7 Å². The van der Waals surface area contributed by atoms with Crippen LogP contribution in [0, 0.1) is 5.92 Å². The molecule has 4 rings (SSSR count). The zero-order chi connectivity index (χ0) is 20.9. The third kappa shape index (κ3) is 4.29. The fourth-order valence-corrected chi connectivity index (χ4v) is 3.77. The van der Waals surface area contributed by atoms with E-state index in [-0.39, 0.29) is 11.8 Å². The van der Waals surface area contributed by atoms with E-state index in [4.69, 9.17) is 9.47 Å². The van der Waals surface area contributed by atoms with Gasteiger partial charge in [0.05, 0.1) is 14.2 Å². The van der Waals surface area contributed by atoms with Crippen LogP contribution in [0.1, 0.15) is 18.4 Å². The number of ether oxygens (including phenoxy) is 2. The third-order valence-electron chi connectivity index (χ3n) is 5.50. The number of nitrogens with one attached hydrogen (secondary N) is 1. The van der Waals surface area contributed by atoms with Gasteiger partial charge in [0, 0.05) is 25.6 Å². The summed E-state index contributed by atoms with van der Waals surface area (Å²) in [7, 11) is 3.24. The van der Waals surface area contributed by atoms with E-state index in [1.165, 1.54) is 0 Å². The zero-order valence-electron chi connectivity index (χ0n) is 17.2. The van der Waals surface area contributed by atoms with Crippen molar-refractivity contribution in [3.8, 4) is 11.5 Å². The van der Waals surface area contributed by atoms with Crippen molar-refractivity contribution in [2.45, 2.75) is 19.3 Å². The van der Waals surface area contributed by atoms with Gasteiger partial charge in [0.2, 0.25) is 5.91 Å². The quantitative estimate of drug-likeness (QED) is 0.634. The van der Waals surface area contributed by atoms with Gasteiger partial charge in [-0.1, -0.05) is 6.07 Å². The highest BCUT2D eigenvalue weighted by Gasteiger charge is 2.25. The first-order chi connectivity index (χ1) is 14.7. The van der Waals surface area contributed by atoms with Crippen LogP contribution < -0.4 is 19.7 Å². The summed E-state index contributed by atoms with van der Waals surface area (Å²) in [4.78, 5) is 14.8. The molecule has 0 saturated carbocycles. The molecule has 0 atom stereocenters. The Labute approximate surface area is 175 Å². The second kappa shape index (κ2) is 8.98. The maximum atomic E-state index is 12.6. The molecular weight excluding hydrogens is 384 g/mol. The summed E-state index contributed by atoms with van der Waals surface area (Å²) >= 11 is 0. The molecule has 0 spiro atoms. The molecule has 0 bridgehead atoms. The fourth-order valence-electron chi connectivity index (χ4n) is 3.77. The van der Waals surface area contributed by atoms with Gasteiger partial charge in [-0.2, -0.15) is 4.52 Å². The molecule has 1 aliphatic heterocycles. The maximum absolute atomic E-state index is 12.6. The number of carbonyl (C=O) groups is 1. The average molecular weight is 410 g/mol. The molecule has 3 aromatic rings. The number of methoxy groups -OCH3 is 2. The van der Waals surface area contributed by atoms with Crippen LogP contribution in [0.15, 0.2) is 36.7 Å². The van der Waals surface area contributed by atoms with Gasteiger partial charge in [-0.05, 0) is 49.1 Å². The van der Waals surface area contributed by atoms with Crippen LogP contribution in [-0.4, -0.2) is 59.6 Å². The van der Waals surface area contributed by atoms with Gasteiger partial charge in [0.25, 0.3) is 0 Å². The van der Waals surface area contributed by atoms with Gasteiger partial charge in [0.1, 0.15) is 12.1 Å². The highest BCUT2D eigenvalue weighted by atomic mass is 16.5. The monoisotopic (exact) mass is 410 g/mol. The number of hydrogen-bond donors (Lipinski definition) is 1. The molecule has 2 aromatic heterocycles. The summed E-state index contributed by atoms with van der Waals surface area (Å²) in [6, 6.07) is 9.68. The second-order valence-electron chi connectivity index (χ2n) is 7.32. The summed E-state index contributed by atoms with van der Waals surface area (Å²) in [6.07, 6.45) is 3.96. The van der Waals surface area contributed by atoms with E-state index < -0.39 is 0 Å². The molecule has 3 heterocycles. The standard InChI is InChI=1S/C21H26N6O3/c1-29-17-4-3-15(13-18(17)30-2)7-10-22-21(28)16-8-11-26(12-9-16)20-6-5-19-24-23-14-27(19)25-20/h3-6,13-14,16H,7-12H2,1-2H3,(H,22,28). The van der Waals surface area contributed by atoms with Crippen LogP contribution in [0.4, 0.5) is 5.82 Å². The lowest BCUT2D eigenvalue weighted by Crippen LogP contribution is -2.41. The Morgan fingerprint density at radius 3 is 2.70 bits per heavy atom. The highest BCUT2D eigenvalue weighted by molar-refractivity contribution is 5.79. The molecule has 0 aliphatic carbocycles. The number of carbonyl (C=O) groups excluding carboxylic acids is 1. The number of fused-ring (bicyclic) bond motifs is 1. The average Bonchev–Trinajstić information content (AvgIpc) is 3.27. The Bertz CT molecular complexity index is 1010. The van der Waals surface area contributed by atoms with Crippen LogP contribution in [-0.2, 0) is 11.2 Å². The number of hydrogen-bond acceptors (Lipinski definition) is 7. The van der Waals surface area contributed by atoms with Crippen LogP contribution >= 0.6 is 0 Å². The fraction of sp³-hybridized carbons (Fsp3) is 0.429. The molecule has 158 valence electrons. The molecule has 9 nitrogen and oxygen atoms in total. The zero-order valence-corrected chi connectivity index (χ0v) is 17.2. The highest BCUT2D eigenvalue weighted by Crippen LogP contribution is 2.27. The first kappa shape index (κ1) is 19.9. The van der Waals surface area contributed by atoms with Gasteiger partial charge in [0.15, 0.2) is 17.1 Å². The molecule has 1 fully saturated rings. The van der Waals surface area contributed by atoms with E-state index in [2.05, 4.69) is 25.5 Å². The predicted molar refractivity (Wildman–Crippen MR) is 112 cm³/mol. The maximum Gasteiger partial charge on any atom is 0.223 e. The van der Waals surface area contributed by atoms with Crippen LogP contribution in [0.3, 0.4) is 0 Å². The third-order valence-corrected chi connectivity index (χ3v) is 5.50. The first-order valence-corrected chi connectivity index (χ1v) is 10.1. The van der Waals surface area contributed by atoms with Crippen LogP contribution in [0.5, 0.6) is 11.5 Å². The minimum Gasteiger partial charge on any atom is -0.493 e. The molecule has 9 heteroatoms. The largest absolute Gasteiger partial charge is 0.493 e. The van der Waals surface area contributed by atoms with Crippen LogP contribution in [0.2, 0.25) is 0 Å². The molecule has 0 radical (unpaired) electrons. The first-order valence-electron chi connectivity index (χ1n) is 10.1. The number of anilines is 1. The number of aromatic nitrogens is 4. The summed E-state index contributed by atoms with van der Waals surface area (Å²) in [5.74, 6) is 2.44. The minimum absolute atomic E-state index is 0.0327. The van der Waals surface area contributed by atoms with Gasteiger partial charge in [-0.15, -0.1) is 15.3 Å². The van der Waals surface area contributed by atoms with Gasteiger partial charge in [-0.3, -0.25) is 4.79 Å². The minimum atomic E-state index is 0.0327. The summed E-state index contributed by atoms with van der Waals surface area (Å²) < 4.78 is 12.3. The molecule has 1 amide bonds. The Hall–Kier alpha value is -3.36.